The molecule has 0 heterocycles. The Labute approximate surface area is 86.8 Å². The van der Waals surface area contributed by atoms with Crippen molar-refractivity contribution in [3.63, 3.8) is 0 Å². The van der Waals surface area contributed by atoms with Gasteiger partial charge in [-0.1, -0.05) is 42.0 Å². The van der Waals surface area contributed by atoms with Gasteiger partial charge in [0.25, 0.3) is 0 Å². The van der Waals surface area contributed by atoms with E-state index in [1.165, 1.54) is 11.1 Å². The second kappa shape index (κ2) is 5.61. The number of aryl methyl sites for hydroxylation is 1. The minimum atomic E-state index is 0.422. The first-order chi connectivity index (χ1) is 6.74. The molecular weight excluding hydrogens is 170 g/mol. The monoisotopic (exact) mass is 189 g/mol. The zero-order chi connectivity index (χ0) is 10.4. The molecule has 1 aromatic rings. The largest absolute Gasteiger partial charge is 0.307 e. The Morgan fingerprint density at radius 2 is 2.21 bits per heavy atom. The lowest BCUT2D eigenvalue weighted by molar-refractivity contribution is 0.617. The molecule has 0 aromatic heterocycles. The van der Waals surface area contributed by atoms with E-state index >= 15 is 0 Å². The molecule has 0 saturated heterocycles. The third kappa shape index (κ3) is 3.35. The van der Waals surface area contributed by atoms with Gasteiger partial charge in [0.1, 0.15) is 0 Å². The maximum atomic E-state index is 3.44. The molecule has 76 valence electrons. The fourth-order valence-corrected chi connectivity index (χ4v) is 1.42. The first kappa shape index (κ1) is 11.0. The molecule has 0 unspecified atom stereocenters. The van der Waals surface area contributed by atoms with Gasteiger partial charge < -0.3 is 5.32 Å². The number of allylic oxidation sites excluding steroid dienone is 1. The van der Waals surface area contributed by atoms with Crippen molar-refractivity contribution in [3.05, 3.63) is 47.5 Å². The number of nitrogens with one attached hydrogen (secondary N) is 1. The minimum Gasteiger partial charge on any atom is -0.307 e. The van der Waals surface area contributed by atoms with E-state index in [1.54, 1.807) is 0 Å². The van der Waals surface area contributed by atoms with Crippen LogP contribution in [0.2, 0.25) is 0 Å². The SMILES string of the molecule is C/C=C/CN[C@H](C)c1cccc(C)c1. The summed E-state index contributed by atoms with van der Waals surface area (Å²) in [5.74, 6) is 0. The quantitative estimate of drug-likeness (QED) is 0.717. The Hall–Kier alpha value is -1.08. The molecule has 0 bridgehead atoms. The Bertz CT molecular complexity index is 302. The van der Waals surface area contributed by atoms with Crippen molar-refractivity contribution in [3.8, 4) is 0 Å². The minimum absolute atomic E-state index is 0.422. The summed E-state index contributed by atoms with van der Waals surface area (Å²) in [4.78, 5) is 0. The van der Waals surface area contributed by atoms with Gasteiger partial charge in [-0.05, 0) is 26.3 Å². The molecule has 0 aliphatic rings. The van der Waals surface area contributed by atoms with Crippen LogP contribution in [0.4, 0.5) is 0 Å². The van der Waals surface area contributed by atoms with Crippen LogP contribution in [-0.4, -0.2) is 6.54 Å². The van der Waals surface area contributed by atoms with Crippen molar-refractivity contribution in [1.82, 2.24) is 5.32 Å². The van der Waals surface area contributed by atoms with Crippen LogP contribution in [0.1, 0.15) is 31.0 Å². The molecule has 0 spiro atoms. The van der Waals surface area contributed by atoms with Crippen molar-refractivity contribution in [1.29, 1.82) is 0 Å². The average molecular weight is 189 g/mol. The third-order valence-corrected chi connectivity index (χ3v) is 2.32. The van der Waals surface area contributed by atoms with Crippen LogP contribution in [0.15, 0.2) is 36.4 Å². The van der Waals surface area contributed by atoms with Gasteiger partial charge in [-0.3, -0.25) is 0 Å². The average Bonchev–Trinajstić information content (AvgIpc) is 2.18. The van der Waals surface area contributed by atoms with E-state index in [-0.39, 0.29) is 0 Å². The summed E-state index contributed by atoms with van der Waals surface area (Å²) in [6.45, 7) is 7.30. The Morgan fingerprint density at radius 1 is 1.43 bits per heavy atom. The van der Waals surface area contributed by atoms with Crippen LogP contribution >= 0.6 is 0 Å². The number of rotatable bonds is 4. The van der Waals surface area contributed by atoms with Crippen LogP contribution in [0.25, 0.3) is 0 Å². The Balaban J connectivity index is 2.55. The summed E-state index contributed by atoms with van der Waals surface area (Å²) >= 11 is 0. The normalized spacial score (nSPS) is 13.4. The molecule has 1 nitrogen and oxygen atoms in total. The molecule has 1 atom stereocenters. The van der Waals surface area contributed by atoms with E-state index in [2.05, 4.69) is 55.6 Å². The predicted molar refractivity (Wildman–Crippen MR) is 62.4 cm³/mol. The summed E-state index contributed by atoms with van der Waals surface area (Å²) < 4.78 is 0. The molecule has 1 rings (SSSR count). The highest BCUT2D eigenvalue weighted by Crippen LogP contribution is 2.13. The maximum absolute atomic E-state index is 3.44. The van der Waals surface area contributed by atoms with E-state index < -0.39 is 0 Å². The van der Waals surface area contributed by atoms with Gasteiger partial charge in [0.05, 0.1) is 0 Å². The first-order valence-corrected chi connectivity index (χ1v) is 5.15. The van der Waals surface area contributed by atoms with E-state index in [4.69, 9.17) is 0 Å². The summed E-state index contributed by atoms with van der Waals surface area (Å²) in [6, 6.07) is 9.06. The van der Waals surface area contributed by atoms with Crippen LogP contribution in [-0.2, 0) is 0 Å². The Morgan fingerprint density at radius 3 is 2.86 bits per heavy atom. The lowest BCUT2D eigenvalue weighted by atomic mass is 10.1. The van der Waals surface area contributed by atoms with Gasteiger partial charge in [-0.25, -0.2) is 0 Å². The van der Waals surface area contributed by atoms with Gasteiger partial charge in [0.2, 0.25) is 0 Å². The smallest absolute Gasteiger partial charge is 0.0294 e. The number of benzene rings is 1. The Kier molecular flexibility index (Phi) is 4.41. The van der Waals surface area contributed by atoms with Crippen molar-refractivity contribution in [2.24, 2.45) is 0 Å². The number of hydrogen-bond acceptors (Lipinski definition) is 1. The zero-order valence-electron chi connectivity index (χ0n) is 9.25. The lowest BCUT2D eigenvalue weighted by Crippen LogP contribution is -2.18. The topological polar surface area (TPSA) is 12.0 Å². The second-order valence-electron chi connectivity index (χ2n) is 3.61. The summed E-state index contributed by atoms with van der Waals surface area (Å²) in [5.41, 5.74) is 2.68. The fourth-order valence-electron chi connectivity index (χ4n) is 1.42. The summed E-state index contributed by atoms with van der Waals surface area (Å²) in [7, 11) is 0. The standard InChI is InChI=1S/C13H19N/c1-4-5-9-14-12(3)13-8-6-7-11(2)10-13/h4-8,10,12,14H,9H2,1-3H3/b5-4+/t12-/m1/s1. The van der Waals surface area contributed by atoms with Crippen LogP contribution in [0, 0.1) is 6.92 Å². The van der Waals surface area contributed by atoms with E-state index in [0.29, 0.717) is 6.04 Å². The molecule has 14 heavy (non-hydrogen) atoms. The van der Waals surface area contributed by atoms with Crippen molar-refractivity contribution in [2.45, 2.75) is 26.8 Å². The highest BCUT2D eigenvalue weighted by molar-refractivity contribution is 5.24. The van der Waals surface area contributed by atoms with Crippen LogP contribution in [0.5, 0.6) is 0 Å². The van der Waals surface area contributed by atoms with Crippen LogP contribution in [0.3, 0.4) is 0 Å². The molecule has 0 saturated carbocycles. The molecule has 1 N–H and O–H groups in total. The fraction of sp³-hybridized carbons (Fsp3) is 0.385. The zero-order valence-corrected chi connectivity index (χ0v) is 9.25. The van der Waals surface area contributed by atoms with Gasteiger partial charge >= 0.3 is 0 Å². The van der Waals surface area contributed by atoms with E-state index in [9.17, 15) is 0 Å². The van der Waals surface area contributed by atoms with Gasteiger partial charge in [0, 0.05) is 12.6 Å². The third-order valence-electron chi connectivity index (χ3n) is 2.32. The number of hydrogen-bond donors (Lipinski definition) is 1. The molecular formula is C13H19N. The lowest BCUT2D eigenvalue weighted by Gasteiger charge is -2.13. The second-order valence-corrected chi connectivity index (χ2v) is 3.61. The molecule has 0 fully saturated rings. The molecule has 1 heteroatoms. The van der Waals surface area contributed by atoms with Gasteiger partial charge in [-0.2, -0.15) is 0 Å². The molecule has 0 amide bonds. The maximum Gasteiger partial charge on any atom is 0.0294 e. The highest BCUT2D eigenvalue weighted by Gasteiger charge is 2.02. The van der Waals surface area contributed by atoms with Crippen LogP contribution < -0.4 is 5.32 Å². The van der Waals surface area contributed by atoms with E-state index in [0.717, 1.165) is 6.54 Å². The van der Waals surface area contributed by atoms with E-state index in [1.807, 2.05) is 6.92 Å². The molecule has 0 aliphatic heterocycles. The summed E-state index contributed by atoms with van der Waals surface area (Å²) in [6.07, 6.45) is 4.20. The highest BCUT2D eigenvalue weighted by atomic mass is 14.9. The van der Waals surface area contributed by atoms with Crippen molar-refractivity contribution < 1.29 is 0 Å². The molecule has 0 aliphatic carbocycles. The predicted octanol–water partition coefficient (Wildman–Crippen LogP) is 3.22. The molecule has 1 aromatic carbocycles. The summed E-state index contributed by atoms with van der Waals surface area (Å²) in [5, 5.41) is 3.44. The van der Waals surface area contributed by atoms with Crippen molar-refractivity contribution >= 4 is 0 Å². The van der Waals surface area contributed by atoms with Gasteiger partial charge in [-0.15, -0.1) is 0 Å². The van der Waals surface area contributed by atoms with Gasteiger partial charge in [0.15, 0.2) is 0 Å². The van der Waals surface area contributed by atoms with Crippen molar-refractivity contribution in [2.75, 3.05) is 6.54 Å². The first-order valence-electron chi connectivity index (χ1n) is 5.15. The molecule has 0 radical (unpaired) electrons.